The molecule has 0 saturated heterocycles. The standard InChI is InChI=1S/C10H15N7O2/c1-6-13-7(19-17-6)4-5-12-9-14-8(11-2)15-10(16-9)18-3/h4-5H2,1-3H3,(H2,11,12,14,15,16). The van der Waals surface area contributed by atoms with Crippen LogP contribution in [0.1, 0.15) is 11.7 Å². The first-order valence-electron chi connectivity index (χ1n) is 5.72. The van der Waals surface area contributed by atoms with Gasteiger partial charge in [-0.2, -0.15) is 19.9 Å². The van der Waals surface area contributed by atoms with Gasteiger partial charge in [0.05, 0.1) is 7.11 Å². The van der Waals surface area contributed by atoms with E-state index in [1.807, 2.05) is 0 Å². The van der Waals surface area contributed by atoms with E-state index in [1.165, 1.54) is 7.11 Å². The topological polar surface area (TPSA) is 111 Å². The molecule has 0 radical (unpaired) electrons. The number of rotatable bonds is 6. The fourth-order valence-electron chi connectivity index (χ4n) is 1.36. The van der Waals surface area contributed by atoms with Gasteiger partial charge in [0.25, 0.3) is 0 Å². The molecule has 0 amide bonds. The molecule has 0 aliphatic rings. The molecule has 2 aromatic heterocycles. The van der Waals surface area contributed by atoms with Gasteiger partial charge in [-0.3, -0.25) is 0 Å². The highest BCUT2D eigenvalue weighted by Crippen LogP contribution is 2.10. The maximum Gasteiger partial charge on any atom is 0.322 e. The van der Waals surface area contributed by atoms with Crippen LogP contribution in [-0.2, 0) is 6.42 Å². The average molecular weight is 265 g/mol. The summed E-state index contributed by atoms with van der Waals surface area (Å²) in [5, 5.41) is 9.58. The Balaban J connectivity index is 1.95. The van der Waals surface area contributed by atoms with E-state index in [9.17, 15) is 0 Å². The van der Waals surface area contributed by atoms with Crippen molar-refractivity contribution in [3.63, 3.8) is 0 Å². The van der Waals surface area contributed by atoms with Gasteiger partial charge in [0, 0.05) is 20.0 Å². The Labute approximate surface area is 109 Å². The highest BCUT2D eigenvalue weighted by molar-refractivity contribution is 5.35. The first-order chi connectivity index (χ1) is 9.21. The normalized spacial score (nSPS) is 10.3. The molecule has 0 atom stereocenters. The van der Waals surface area contributed by atoms with E-state index in [2.05, 4.69) is 35.7 Å². The summed E-state index contributed by atoms with van der Waals surface area (Å²) in [6, 6.07) is 0.246. The zero-order valence-electron chi connectivity index (χ0n) is 11.0. The Morgan fingerprint density at radius 1 is 1.16 bits per heavy atom. The highest BCUT2D eigenvalue weighted by Gasteiger charge is 2.06. The van der Waals surface area contributed by atoms with E-state index < -0.39 is 0 Å². The third kappa shape index (κ3) is 3.50. The van der Waals surface area contributed by atoms with Gasteiger partial charge in [0.2, 0.25) is 17.8 Å². The summed E-state index contributed by atoms with van der Waals surface area (Å²) in [4.78, 5) is 16.3. The van der Waals surface area contributed by atoms with Crippen LogP contribution in [0.5, 0.6) is 6.01 Å². The molecule has 2 N–H and O–H groups in total. The number of anilines is 2. The molecule has 0 unspecified atom stereocenters. The highest BCUT2D eigenvalue weighted by atomic mass is 16.5. The summed E-state index contributed by atoms with van der Waals surface area (Å²) < 4.78 is 9.98. The van der Waals surface area contributed by atoms with Gasteiger partial charge in [-0.15, -0.1) is 0 Å². The van der Waals surface area contributed by atoms with E-state index in [0.29, 0.717) is 36.6 Å². The second-order valence-electron chi connectivity index (χ2n) is 3.63. The molecule has 0 fully saturated rings. The van der Waals surface area contributed by atoms with Crippen LogP contribution in [0.15, 0.2) is 4.52 Å². The maximum absolute atomic E-state index is 5.00. The predicted molar refractivity (Wildman–Crippen MR) is 67.2 cm³/mol. The number of methoxy groups -OCH3 is 1. The van der Waals surface area contributed by atoms with Crippen molar-refractivity contribution >= 4 is 11.9 Å². The van der Waals surface area contributed by atoms with Gasteiger partial charge >= 0.3 is 6.01 Å². The maximum atomic E-state index is 5.00. The van der Waals surface area contributed by atoms with E-state index >= 15 is 0 Å². The van der Waals surface area contributed by atoms with Crippen LogP contribution in [0.25, 0.3) is 0 Å². The van der Waals surface area contributed by atoms with Crippen LogP contribution in [0, 0.1) is 6.92 Å². The lowest BCUT2D eigenvalue weighted by Crippen LogP contribution is -2.11. The van der Waals surface area contributed by atoms with Crippen LogP contribution < -0.4 is 15.4 Å². The molecule has 0 aromatic carbocycles. The fourth-order valence-corrected chi connectivity index (χ4v) is 1.36. The van der Waals surface area contributed by atoms with Gasteiger partial charge < -0.3 is 19.9 Å². The van der Waals surface area contributed by atoms with Gasteiger partial charge in [-0.05, 0) is 6.92 Å². The lowest BCUT2D eigenvalue weighted by molar-refractivity contribution is 0.376. The van der Waals surface area contributed by atoms with E-state index in [0.717, 1.165) is 0 Å². The Morgan fingerprint density at radius 3 is 2.58 bits per heavy atom. The first kappa shape index (κ1) is 13.0. The minimum atomic E-state index is 0.246. The Bertz CT molecular complexity index is 520. The minimum absolute atomic E-state index is 0.246. The lowest BCUT2D eigenvalue weighted by Gasteiger charge is -2.06. The lowest BCUT2D eigenvalue weighted by atomic mass is 10.4. The number of ether oxygens (including phenoxy) is 1. The van der Waals surface area contributed by atoms with Gasteiger partial charge in [-0.1, -0.05) is 5.16 Å². The van der Waals surface area contributed by atoms with Gasteiger partial charge in [0.15, 0.2) is 5.82 Å². The van der Waals surface area contributed by atoms with E-state index in [4.69, 9.17) is 9.26 Å². The summed E-state index contributed by atoms with van der Waals surface area (Å²) in [5.74, 6) is 2.05. The van der Waals surface area contributed by atoms with Crippen LogP contribution in [-0.4, -0.2) is 45.8 Å². The molecule has 9 nitrogen and oxygen atoms in total. The molecule has 0 aliphatic heterocycles. The Kier molecular flexibility index (Phi) is 4.06. The monoisotopic (exact) mass is 265 g/mol. The molecule has 9 heteroatoms. The molecule has 19 heavy (non-hydrogen) atoms. The van der Waals surface area contributed by atoms with Crippen molar-refractivity contribution in [1.82, 2.24) is 25.1 Å². The van der Waals surface area contributed by atoms with Crippen LogP contribution in [0.2, 0.25) is 0 Å². The predicted octanol–water partition coefficient (Wildman–Crippen LogP) is 0.268. The smallest absolute Gasteiger partial charge is 0.322 e. The van der Waals surface area contributed by atoms with Crippen molar-refractivity contribution in [2.45, 2.75) is 13.3 Å². The number of aryl methyl sites for hydroxylation is 1. The van der Waals surface area contributed by atoms with Crippen molar-refractivity contribution in [1.29, 1.82) is 0 Å². The van der Waals surface area contributed by atoms with E-state index in [1.54, 1.807) is 14.0 Å². The molecular weight excluding hydrogens is 250 g/mol. The van der Waals surface area contributed by atoms with Crippen molar-refractivity contribution in [3.8, 4) is 6.01 Å². The Morgan fingerprint density at radius 2 is 1.95 bits per heavy atom. The van der Waals surface area contributed by atoms with Crippen molar-refractivity contribution < 1.29 is 9.26 Å². The van der Waals surface area contributed by atoms with Crippen LogP contribution in [0.3, 0.4) is 0 Å². The van der Waals surface area contributed by atoms with Crippen LogP contribution in [0.4, 0.5) is 11.9 Å². The number of nitrogens with one attached hydrogen (secondary N) is 2. The van der Waals surface area contributed by atoms with Crippen LogP contribution >= 0.6 is 0 Å². The fraction of sp³-hybridized carbons (Fsp3) is 0.500. The summed E-state index contributed by atoms with van der Waals surface area (Å²) in [6.45, 7) is 2.34. The zero-order chi connectivity index (χ0) is 13.7. The number of hydrogen-bond acceptors (Lipinski definition) is 9. The SMILES string of the molecule is CNc1nc(NCCc2nc(C)no2)nc(OC)n1. The summed E-state index contributed by atoms with van der Waals surface area (Å²) >= 11 is 0. The molecular formula is C10H15N7O2. The molecule has 2 heterocycles. The number of hydrogen-bond donors (Lipinski definition) is 2. The molecule has 102 valence electrons. The second kappa shape index (κ2) is 5.94. The average Bonchev–Trinajstić information content (AvgIpc) is 2.84. The third-order valence-electron chi connectivity index (χ3n) is 2.21. The number of aromatic nitrogens is 5. The molecule has 2 aromatic rings. The van der Waals surface area contributed by atoms with Gasteiger partial charge in [-0.25, -0.2) is 0 Å². The Hall–Kier alpha value is -2.45. The quantitative estimate of drug-likeness (QED) is 0.759. The number of nitrogens with zero attached hydrogens (tertiary/aromatic N) is 5. The molecule has 0 spiro atoms. The summed E-state index contributed by atoms with van der Waals surface area (Å²) in [5.41, 5.74) is 0. The summed E-state index contributed by atoms with van der Waals surface area (Å²) in [6.07, 6.45) is 0.587. The van der Waals surface area contributed by atoms with Crippen molar-refractivity contribution in [3.05, 3.63) is 11.7 Å². The molecule has 2 rings (SSSR count). The molecule has 0 bridgehead atoms. The minimum Gasteiger partial charge on any atom is -0.467 e. The first-order valence-corrected chi connectivity index (χ1v) is 5.72. The summed E-state index contributed by atoms with van der Waals surface area (Å²) in [7, 11) is 3.22. The largest absolute Gasteiger partial charge is 0.467 e. The van der Waals surface area contributed by atoms with Gasteiger partial charge in [0.1, 0.15) is 0 Å². The molecule has 0 saturated carbocycles. The van der Waals surface area contributed by atoms with E-state index in [-0.39, 0.29) is 6.01 Å². The zero-order valence-corrected chi connectivity index (χ0v) is 11.0. The van der Waals surface area contributed by atoms with Crippen molar-refractivity contribution in [2.75, 3.05) is 31.3 Å². The third-order valence-corrected chi connectivity index (χ3v) is 2.21. The second-order valence-corrected chi connectivity index (χ2v) is 3.63. The van der Waals surface area contributed by atoms with Crippen molar-refractivity contribution in [2.24, 2.45) is 0 Å². The molecule has 0 aliphatic carbocycles.